The fourth-order valence-electron chi connectivity index (χ4n) is 1.29. The van der Waals surface area contributed by atoms with Crippen LogP contribution in [0.1, 0.15) is 27.7 Å². The van der Waals surface area contributed by atoms with Crippen molar-refractivity contribution in [1.82, 2.24) is 4.90 Å². The van der Waals surface area contributed by atoms with Crippen LogP contribution in [0.25, 0.3) is 0 Å². The molecule has 0 bridgehead atoms. The number of hydrogen-bond donors (Lipinski definition) is 2. The Morgan fingerprint density at radius 2 is 1.69 bits per heavy atom. The van der Waals surface area contributed by atoms with E-state index in [-0.39, 0.29) is 0 Å². The molecule has 2 unspecified atom stereocenters. The molecule has 0 fully saturated rings. The van der Waals surface area contributed by atoms with Crippen molar-refractivity contribution in [2.75, 3.05) is 6.54 Å². The topological polar surface area (TPSA) is 66.6 Å². The van der Waals surface area contributed by atoms with Gasteiger partial charge < -0.3 is 10.3 Å². The summed E-state index contributed by atoms with van der Waals surface area (Å²) in [6.45, 7) is 8.65. The highest BCUT2D eigenvalue weighted by atomic mass is 32.2. The molecule has 0 aromatic rings. The summed E-state index contributed by atoms with van der Waals surface area (Å²) in [6, 6.07) is 0.684. The van der Waals surface area contributed by atoms with Gasteiger partial charge in [0.25, 0.3) is 0 Å². The summed E-state index contributed by atoms with van der Waals surface area (Å²) >= 11 is -1.93. The van der Waals surface area contributed by atoms with Crippen LogP contribution in [-0.4, -0.2) is 37.7 Å². The van der Waals surface area contributed by atoms with Crippen LogP contribution in [0.15, 0.2) is 0 Å². The Hall–Kier alpha value is 0.0300. The van der Waals surface area contributed by atoms with E-state index in [0.717, 1.165) is 0 Å². The van der Waals surface area contributed by atoms with E-state index in [1.807, 2.05) is 27.7 Å². The molecule has 0 aromatic heterocycles. The fraction of sp³-hybridized carbons (Fsp3) is 1.00. The van der Waals surface area contributed by atoms with Gasteiger partial charge in [-0.25, -0.2) is 4.21 Å². The third kappa shape index (κ3) is 4.71. The molecular formula is C8H20N2O2S. The molecule has 0 aliphatic rings. The van der Waals surface area contributed by atoms with Crippen LogP contribution in [0.4, 0.5) is 0 Å². The first-order valence-corrected chi connectivity index (χ1v) is 5.64. The van der Waals surface area contributed by atoms with E-state index in [2.05, 4.69) is 4.90 Å². The van der Waals surface area contributed by atoms with E-state index in [0.29, 0.717) is 18.6 Å². The van der Waals surface area contributed by atoms with Gasteiger partial charge in [0.2, 0.25) is 0 Å². The van der Waals surface area contributed by atoms with E-state index >= 15 is 0 Å². The minimum Gasteiger partial charge on any atom is -0.314 e. The summed E-state index contributed by atoms with van der Waals surface area (Å²) in [7, 11) is 0. The van der Waals surface area contributed by atoms with E-state index in [1.165, 1.54) is 0 Å². The highest BCUT2D eigenvalue weighted by Gasteiger charge is 2.19. The zero-order chi connectivity index (χ0) is 10.6. The van der Waals surface area contributed by atoms with Crippen molar-refractivity contribution in [2.24, 2.45) is 5.73 Å². The molecule has 3 N–H and O–H groups in total. The zero-order valence-electron chi connectivity index (χ0n) is 8.73. The van der Waals surface area contributed by atoms with Crippen molar-refractivity contribution in [3.8, 4) is 0 Å². The minimum absolute atomic E-state index is 0.342. The molecule has 0 spiro atoms. The van der Waals surface area contributed by atoms with Crippen molar-refractivity contribution in [1.29, 1.82) is 0 Å². The molecule has 0 rings (SSSR count). The molecular weight excluding hydrogens is 188 g/mol. The maximum absolute atomic E-state index is 10.6. The Morgan fingerprint density at radius 1 is 1.31 bits per heavy atom. The maximum atomic E-state index is 10.6. The SMILES string of the molecule is CC(C)N(CC(N)S(=O)O)C(C)C. The molecule has 0 heterocycles. The Bertz CT molecular complexity index is 166. The summed E-state index contributed by atoms with van der Waals surface area (Å²) in [6.07, 6.45) is 0. The van der Waals surface area contributed by atoms with Gasteiger partial charge in [0.15, 0.2) is 11.1 Å². The number of nitrogens with zero attached hydrogens (tertiary/aromatic N) is 1. The lowest BCUT2D eigenvalue weighted by molar-refractivity contribution is 0.174. The van der Waals surface area contributed by atoms with Crippen LogP contribution in [0.5, 0.6) is 0 Å². The summed E-state index contributed by atoms with van der Waals surface area (Å²) in [5.41, 5.74) is 5.50. The molecule has 0 aliphatic carbocycles. The lowest BCUT2D eigenvalue weighted by Crippen LogP contribution is -2.46. The van der Waals surface area contributed by atoms with Gasteiger partial charge in [0, 0.05) is 18.6 Å². The van der Waals surface area contributed by atoms with Gasteiger partial charge in [-0.15, -0.1) is 0 Å². The summed E-state index contributed by atoms with van der Waals surface area (Å²) in [5.74, 6) is 0. The Balaban J connectivity index is 4.18. The molecule has 0 saturated carbocycles. The smallest absolute Gasteiger partial charge is 0.171 e. The molecule has 80 valence electrons. The quantitative estimate of drug-likeness (QED) is 0.650. The largest absolute Gasteiger partial charge is 0.314 e. The second kappa shape index (κ2) is 5.70. The molecule has 4 nitrogen and oxygen atoms in total. The standard InChI is InChI=1S/C8H20N2O2S/c1-6(2)10(7(3)4)5-8(9)13(11)12/h6-8H,5,9H2,1-4H3,(H,11,12). The Morgan fingerprint density at radius 3 is 1.92 bits per heavy atom. The average molecular weight is 208 g/mol. The first-order chi connectivity index (χ1) is 5.86. The number of rotatable bonds is 5. The van der Waals surface area contributed by atoms with Gasteiger partial charge in [-0.2, -0.15) is 0 Å². The van der Waals surface area contributed by atoms with Gasteiger partial charge in [-0.3, -0.25) is 4.90 Å². The molecule has 0 saturated heterocycles. The van der Waals surface area contributed by atoms with Gasteiger partial charge in [-0.1, -0.05) is 0 Å². The zero-order valence-corrected chi connectivity index (χ0v) is 9.54. The van der Waals surface area contributed by atoms with Crippen LogP contribution in [0.3, 0.4) is 0 Å². The second-order valence-corrected chi connectivity index (χ2v) is 4.86. The number of hydrogen-bond acceptors (Lipinski definition) is 3. The average Bonchev–Trinajstić information content (AvgIpc) is 1.97. The summed E-state index contributed by atoms with van der Waals surface area (Å²) in [4.78, 5) is 2.10. The molecule has 13 heavy (non-hydrogen) atoms. The van der Waals surface area contributed by atoms with Gasteiger partial charge in [0.1, 0.15) is 5.37 Å². The maximum Gasteiger partial charge on any atom is 0.171 e. The monoisotopic (exact) mass is 208 g/mol. The molecule has 5 heteroatoms. The first-order valence-electron chi connectivity index (χ1n) is 4.47. The van der Waals surface area contributed by atoms with Gasteiger partial charge in [-0.05, 0) is 27.7 Å². The van der Waals surface area contributed by atoms with Crippen molar-refractivity contribution in [3.05, 3.63) is 0 Å². The van der Waals surface area contributed by atoms with Crippen LogP contribution in [-0.2, 0) is 11.1 Å². The predicted octanol–water partition coefficient (Wildman–Crippen LogP) is 0.612. The third-order valence-electron chi connectivity index (χ3n) is 1.98. The van der Waals surface area contributed by atoms with E-state index < -0.39 is 16.5 Å². The second-order valence-electron chi connectivity index (χ2n) is 3.70. The van der Waals surface area contributed by atoms with Crippen molar-refractivity contribution in [2.45, 2.75) is 45.2 Å². The van der Waals surface area contributed by atoms with E-state index in [9.17, 15) is 4.21 Å². The third-order valence-corrected chi connectivity index (χ3v) is 2.64. The molecule has 0 radical (unpaired) electrons. The molecule has 0 aliphatic heterocycles. The lowest BCUT2D eigenvalue weighted by atomic mass is 10.2. The Kier molecular flexibility index (Phi) is 5.71. The highest BCUT2D eigenvalue weighted by molar-refractivity contribution is 7.79. The molecule has 0 aromatic carbocycles. The van der Waals surface area contributed by atoms with E-state index in [1.54, 1.807) is 0 Å². The van der Waals surface area contributed by atoms with Crippen LogP contribution >= 0.6 is 0 Å². The van der Waals surface area contributed by atoms with Gasteiger partial charge in [0.05, 0.1) is 0 Å². The van der Waals surface area contributed by atoms with Crippen LogP contribution in [0.2, 0.25) is 0 Å². The number of nitrogens with two attached hydrogens (primary N) is 1. The van der Waals surface area contributed by atoms with Crippen LogP contribution in [0, 0.1) is 0 Å². The van der Waals surface area contributed by atoms with Crippen LogP contribution < -0.4 is 5.73 Å². The summed E-state index contributed by atoms with van der Waals surface area (Å²) < 4.78 is 19.4. The highest BCUT2D eigenvalue weighted by Crippen LogP contribution is 2.05. The van der Waals surface area contributed by atoms with Crippen molar-refractivity contribution < 1.29 is 8.76 Å². The van der Waals surface area contributed by atoms with E-state index in [4.69, 9.17) is 10.3 Å². The summed E-state index contributed by atoms with van der Waals surface area (Å²) in [5, 5.41) is -0.676. The Labute approximate surface area is 82.8 Å². The first kappa shape index (κ1) is 13.0. The van der Waals surface area contributed by atoms with Crippen molar-refractivity contribution in [3.63, 3.8) is 0 Å². The molecule has 2 atom stereocenters. The minimum atomic E-state index is -1.93. The van der Waals surface area contributed by atoms with Crippen molar-refractivity contribution >= 4 is 11.1 Å². The normalized spacial score (nSPS) is 17.0. The molecule has 0 amide bonds. The lowest BCUT2D eigenvalue weighted by Gasteiger charge is -2.31. The fourth-order valence-corrected chi connectivity index (χ4v) is 1.59. The van der Waals surface area contributed by atoms with Gasteiger partial charge >= 0.3 is 0 Å². The predicted molar refractivity (Wildman–Crippen MR) is 55.7 cm³/mol.